The van der Waals surface area contributed by atoms with E-state index >= 15 is 0 Å². The van der Waals surface area contributed by atoms with Gasteiger partial charge in [-0.15, -0.1) is 0 Å². The number of hydrogen-bond donors (Lipinski definition) is 0. The summed E-state index contributed by atoms with van der Waals surface area (Å²) in [5.41, 5.74) is 3.02. The third kappa shape index (κ3) is 4.09. The van der Waals surface area contributed by atoms with E-state index in [1.807, 2.05) is 0 Å². The first kappa shape index (κ1) is 12.8. The Morgan fingerprint density at radius 3 is 2.25 bits per heavy atom. The Balaban J connectivity index is 2.55. The van der Waals surface area contributed by atoms with Crippen LogP contribution < -0.4 is 0 Å². The second kappa shape index (κ2) is 5.74. The fourth-order valence-corrected chi connectivity index (χ4v) is 1.59. The largest absolute Gasteiger partial charge is 0.505 e. The molecule has 0 N–H and O–H groups in total. The first-order valence-corrected chi connectivity index (χ1v) is 5.81. The number of aryl methyl sites for hydroxylation is 1. The molecular formula is C15H22O. The molecule has 0 atom stereocenters. The highest BCUT2D eigenvalue weighted by Gasteiger charge is 2.12. The van der Waals surface area contributed by atoms with Gasteiger partial charge in [0.05, 0.1) is 13.4 Å². The minimum atomic E-state index is 0.245. The zero-order valence-corrected chi connectivity index (χ0v) is 10.8. The number of hydrogen-bond acceptors (Lipinski definition) is 1. The van der Waals surface area contributed by atoms with Crippen LogP contribution in [0.4, 0.5) is 0 Å². The van der Waals surface area contributed by atoms with Crippen LogP contribution in [0.1, 0.15) is 38.3 Å². The second-order valence-corrected chi connectivity index (χ2v) is 5.09. The van der Waals surface area contributed by atoms with Crippen molar-refractivity contribution in [3.63, 3.8) is 0 Å². The highest BCUT2D eigenvalue weighted by atomic mass is 16.5. The lowest BCUT2D eigenvalue weighted by atomic mass is 9.86. The van der Waals surface area contributed by atoms with Crippen molar-refractivity contribution in [2.75, 3.05) is 7.11 Å². The third-order valence-electron chi connectivity index (χ3n) is 2.65. The number of methoxy groups -OCH3 is 1. The number of rotatable bonds is 4. The smallest absolute Gasteiger partial charge is 0.0784 e. The van der Waals surface area contributed by atoms with Gasteiger partial charge in [0, 0.05) is 0 Å². The molecule has 0 heterocycles. The zero-order chi connectivity index (χ0) is 12.0. The quantitative estimate of drug-likeness (QED) is 0.692. The van der Waals surface area contributed by atoms with E-state index in [9.17, 15) is 0 Å². The van der Waals surface area contributed by atoms with Crippen LogP contribution in [-0.2, 0) is 16.6 Å². The predicted molar refractivity (Wildman–Crippen MR) is 69.6 cm³/mol. The molecule has 1 heteroatoms. The summed E-state index contributed by atoms with van der Waals surface area (Å²) in [6, 6.07) is 8.91. The first-order chi connectivity index (χ1) is 7.54. The minimum Gasteiger partial charge on any atom is -0.505 e. The van der Waals surface area contributed by atoms with Crippen LogP contribution in [0.15, 0.2) is 36.6 Å². The van der Waals surface area contributed by atoms with Crippen LogP contribution in [0.5, 0.6) is 0 Å². The van der Waals surface area contributed by atoms with Gasteiger partial charge in [0.2, 0.25) is 0 Å². The first-order valence-electron chi connectivity index (χ1n) is 5.81. The van der Waals surface area contributed by atoms with Crippen molar-refractivity contribution in [3.8, 4) is 0 Å². The molecule has 0 aliphatic heterocycles. The molecule has 0 bridgehead atoms. The average molecular weight is 218 g/mol. The fraction of sp³-hybridized carbons (Fsp3) is 0.467. The highest BCUT2D eigenvalue weighted by Crippen LogP contribution is 2.22. The lowest BCUT2D eigenvalue weighted by Crippen LogP contribution is -2.10. The molecule has 0 spiro atoms. The molecule has 0 amide bonds. The van der Waals surface area contributed by atoms with Gasteiger partial charge in [-0.3, -0.25) is 0 Å². The molecule has 16 heavy (non-hydrogen) atoms. The predicted octanol–water partition coefficient (Wildman–Crippen LogP) is 4.08. The van der Waals surface area contributed by atoms with E-state index < -0.39 is 0 Å². The van der Waals surface area contributed by atoms with Crippen LogP contribution in [0.3, 0.4) is 0 Å². The monoisotopic (exact) mass is 218 g/mol. The SMILES string of the molecule is COC=CCCc1ccc(C(C)(C)C)cc1. The van der Waals surface area contributed by atoms with Gasteiger partial charge in [-0.25, -0.2) is 0 Å². The summed E-state index contributed by atoms with van der Waals surface area (Å²) < 4.78 is 4.86. The van der Waals surface area contributed by atoms with Crippen LogP contribution in [0.25, 0.3) is 0 Å². The van der Waals surface area contributed by atoms with Crippen molar-refractivity contribution in [1.82, 2.24) is 0 Å². The number of allylic oxidation sites excluding steroid dienone is 1. The van der Waals surface area contributed by atoms with Crippen molar-refractivity contribution in [1.29, 1.82) is 0 Å². The Morgan fingerprint density at radius 1 is 1.12 bits per heavy atom. The number of ether oxygens (including phenoxy) is 1. The van der Waals surface area contributed by atoms with Crippen LogP contribution >= 0.6 is 0 Å². The lowest BCUT2D eigenvalue weighted by molar-refractivity contribution is 0.336. The van der Waals surface area contributed by atoms with E-state index in [-0.39, 0.29) is 5.41 Å². The molecule has 0 radical (unpaired) electrons. The van der Waals surface area contributed by atoms with Gasteiger partial charge < -0.3 is 4.74 Å². The van der Waals surface area contributed by atoms with Crippen LogP contribution in [-0.4, -0.2) is 7.11 Å². The molecule has 0 aliphatic rings. The molecule has 0 aromatic heterocycles. The van der Waals surface area contributed by atoms with E-state index in [1.54, 1.807) is 13.4 Å². The van der Waals surface area contributed by atoms with E-state index in [0.29, 0.717) is 0 Å². The van der Waals surface area contributed by atoms with Gasteiger partial charge in [-0.05, 0) is 35.5 Å². The normalized spacial score (nSPS) is 12.0. The molecule has 0 unspecified atom stereocenters. The maximum atomic E-state index is 4.86. The molecular weight excluding hydrogens is 196 g/mol. The van der Waals surface area contributed by atoms with Crippen molar-refractivity contribution >= 4 is 0 Å². The van der Waals surface area contributed by atoms with Crippen LogP contribution in [0, 0.1) is 0 Å². The molecule has 0 saturated heterocycles. The van der Waals surface area contributed by atoms with E-state index in [0.717, 1.165) is 12.8 Å². The molecule has 1 aromatic rings. The molecule has 1 rings (SSSR count). The average Bonchev–Trinajstić information content (AvgIpc) is 2.24. The van der Waals surface area contributed by atoms with Crippen molar-refractivity contribution in [2.45, 2.75) is 39.0 Å². The van der Waals surface area contributed by atoms with Gasteiger partial charge in [0.1, 0.15) is 0 Å². The minimum absolute atomic E-state index is 0.245. The second-order valence-electron chi connectivity index (χ2n) is 5.09. The molecule has 1 nitrogen and oxygen atoms in total. The summed E-state index contributed by atoms with van der Waals surface area (Å²) in [7, 11) is 1.68. The Labute approximate surface area is 99.1 Å². The van der Waals surface area contributed by atoms with E-state index in [1.165, 1.54) is 11.1 Å². The van der Waals surface area contributed by atoms with Gasteiger partial charge in [0.25, 0.3) is 0 Å². The zero-order valence-electron chi connectivity index (χ0n) is 10.8. The summed E-state index contributed by atoms with van der Waals surface area (Å²) in [5, 5.41) is 0. The molecule has 1 aromatic carbocycles. The molecule has 0 saturated carbocycles. The van der Waals surface area contributed by atoms with Crippen molar-refractivity contribution < 1.29 is 4.74 Å². The lowest BCUT2D eigenvalue weighted by Gasteiger charge is -2.19. The van der Waals surface area contributed by atoms with Crippen molar-refractivity contribution in [2.24, 2.45) is 0 Å². The molecule has 0 fully saturated rings. The summed E-state index contributed by atoms with van der Waals surface area (Å²) in [5.74, 6) is 0. The van der Waals surface area contributed by atoms with Gasteiger partial charge in [-0.1, -0.05) is 45.0 Å². The standard InChI is InChI=1S/C15H22O/c1-15(2,3)14-10-8-13(9-11-14)7-5-6-12-16-4/h6,8-12H,5,7H2,1-4H3. The van der Waals surface area contributed by atoms with Gasteiger partial charge in [0.15, 0.2) is 0 Å². The van der Waals surface area contributed by atoms with Crippen LogP contribution in [0.2, 0.25) is 0 Å². The van der Waals surface area contributed by atoms with Crippen molar-refractivity contribution in [3.05, 3.63) is 47.7 Å². The van der Waals surface area contributed by atoms with Gasteiger partial charge in [-0.2, -0.15) is 0 Å². The summed E-state index contributed by atoms with van der Waals surface area (Å²) in [6.45, 7) is 6.72. The highest BCUT2D eigenvalue weighted by molar-refractivity contribution is 5.27. The summed E-state index contributed by atoms with van der Waals surface area (Å²) >= 11 is 0. The van der Waals surface area contributed by atoms with E-state index in [2.05, 4.69) is 51.1 Å². The third-order valence-corrected chi connectivity index (χ3v) is 2.65. The fourth-order valence-electron chi connectivity index (χ4n) is 1.59. The topological polar surface area (TPSA) is 9.23 Å². The Hall–Kier alpha value is -1.24. The maximum Gasteiger partial charge on any atom is 0.0784 e. The maximum absolute atomic E-state index is 4.86. The number of benzene rings is 1. The molecule has 0 aliphatic carbocycles. The van der Waals surface area contributed by atoms with E-state index in [4.69, 9.17) is 4.74 Å². The van der Waals surface area contributed by atoms with Gasteiger partial charge >= 0.3 is 0 Å². The molecule has 88 valence electrons. The summed E-state index contributed by atoms with van der Waals surface area (Å²) in [6.07, 6.45) is 5.90. The Bertz CT molecular complexity index is 327. The Kier molecular flexibility index (Phi) is 4.60. The summed E-state index contributed by atoms with van der Waals surface area (Å²) in [4.78, 5) is 0. The Morgan fingerprint density at radius 2 is 1.75 bits per heavy atom.